The van der Waals surface area contributed by atoms with Crippen LogP contribution in [0.1, 0.15) is 6.92 Å². The summed E-state index contributed by atoms with van der Waals surface area (Å²) in [6.07, 6.45) is -3.16. The van der Waals surface area contributed by atoms with Gasteiger partial charge in [-0.05, 0) is 19.1 Å². The van der Waals surface area contributed by atoms with Crippen molar-refractivity contribution in [3.05, 3.63) is 34.7 Å². The molecule has 1 heterocycles. The number of alkyl halides is 3. The minimum Gasteiger partial charge on any atom is -0.504 e. The van der Waals surface area contributed by atoms with Gasteiger partial charge in [-0.15, -0.1) is 0 Å². The molecular weight excluding hydrogens is 285 g/mol. The fourth-order valence-electron chi connectivity index (χ4n) is 1.05. The van der Waals surface area contributed by atoms with Gasteiger partial charge in [0.05, 0.1) is 10.6 Å². The molecule has 0 aliphatic rings. The highest BCUT2D eigenvalue weighted by molar-refractivity contribution is 6.30. The molecule has 1 aromatic rings. The van der Waals surface area contributed by atoms with Gasteiger partial charge in [0.15, 0.2) is 11.6 Å². The number of rotatable bonds is 3. The Morgan fingerprint density at radius 1 is 1.47 bits per heavy atom. The zero-order valence-corrected chi connectivity index (χ0v) is 10.3. The Morgan fingerprint density at radius 3 is 2.53 bits per heavy atom. The van der Waals surface area contributed by atoms with Gasteiger partial charge in [-0.3, -0.25) is 4.79 Å². The summed E-state index contributed by atoms with van der Waals surface area (Å²) in [5.41, 5.74) is -0.941. The number of ketones is 1. The van der Waals surface area contributed by atoms with E-state index in [4.69, 9.17) is 16.7 Å². The lowest BCUT2D eigenvalue weighted by molar-refractivity contribution is -0.125. The number of carbonyl (C=O) groups is 1. The molecule has 8 heteroatoms. The third kappa shape index (κ3) is 4.36. The van der Waals surface area contributed by atoms with E-state index in [1.54, 1.807) is 0 Å². The maximum absolute atomic E-state index is 12.3. The molecule has 1 aromatic heterocycles. The van der Waals surface area contributed by atoms with E-state index in [-0.39, 0.29) is 5.82 Å². The maximum Gasteiger partial charge on any atom is 0.449 e. The van der Waals surface area contributed by atoms with Crippen molar-refractivity contribution in [2.75, 3.05) is 0 Å². The zero-order chi connectivity index (χ0) is 14.6. The molecule has 0 atom stereocenters. The summed E-state index contributed by atoms with van der Waals surface area (Å²) in [5.74, 6) is -2.90. The first-order chi connectivity index (χ1) is 8.71. The molecule has 0 radical (unpaired) electrons. The van der Waals surface area contributed by atoms with Gasteiger partial charge >= 0.3 is 6.18 Å². The quantitative estimate of drug-likeness (QED) is 0.527. The number of aliphatic hydroxyl groups is 1. The average Bonchev–Trinajstić information content (AvgIpc) is 2.30. The lowest BCUT2D eigenvalue weighted by Gasteiger charge is -2.07. The molecule has 0 amide bonds. The molecule has 102 valence electrons. The fourth-order valence-corrected chi connectivity index (χ4v) is 1.16. The van der Waals surface area contributed by atoms with E-state index in [1.807, 2.05) is 0 Å². The number of aliphatic hydroxyl groups excluding tert-OH is 1. The molecule has 19 heavy (non-hydrogen) atoms. The van der Waals surface area contributed by atoms with E-state index in [9.17, 15) is 18.0 Å². The number of aliphatic imine (C=N–C) groups is 1. The summed E-state index contributed by atoms with van der Waals surface area (Å²) in [6.45, 7) is 0.888. The summed E-state index contributed by atoms with van der Waals surface area (Å²) >= 11 is 5.57. The summed E-state index contributed by atoms with van der Waals surface area (Å²) in [7, 11) is 0. The Kier molecular flexibility index (Phi) is 4.66. The normalized spacial score (nSPS) is 13.5. The molecule has 1 rings (SSSR count). The van der Waals surface area contributed by atoms with Gasteiger partial charge in [0.2, 0.25) is 5.76 Å². The van der Waals surface area contributed by atoms with Gasteiger partial charge in [0.1, 0.15) is 0 Å². The predicted octanol–water partition coefficient (Wildman–Crippen LogP) is 3.40. The van der Waals surface area contributed by atoms with Crippen LogP contribution in [0.4, 0.5) is 19.0 Å². The Hall–Kier alpha value is -1.89. The summed E-state index contributed by atoms with van der Waals surface area (Å²) < 4.78 is 36.9. The van der Waals surface area contributed by atoms with Crippen molar-refractivity contribution in [2.45, 2.75) is 13.1 Å². The molecule has 0 bridgehead atoms. The number of nitrogens with zero attached hydrogens (tertiary/aromatic N) is 2. The van der Waals surface area contributed by atoms with Crippen LogP contribution in [0.25, 0.3) is 0 Å². The van der Waals surface area contributed by atoms with Crippen LogP contribution in [-0.2, 0) is 4.79 Å². The van der Waals surface area contributed by atoms with Crippen LogP contribution in [0.3, 0.4) is 0 Å². The van der Waals surface area contributed by atoms with Crippen molar-refractivity contribution in [3.8, 4) is 0 Å². The van der Waals surface area contributed by atoms with Crippen molar-refractivity contribution >= 4 is 29.4 Å². The van der Waals surface area contributed by atoms with Gasteiger partial charge < -0.3 is 5.11 Å². The third-order valence-corrected chi connectivity index (χ3v) is 2.16. The second-order valence-electron chi connectivity index (χ2n) is 3.41. The van der Waals surface area contributed by atoms with Gasteiger partial charge in [-0.25, -0.2) is 9.98 Å². The minimum absolute atomic E-state index is 0.0538. The first kappa shape index (κ1) is 15.2. The molecule has 0 aromatic carbocycles. The summed E-state index contributed by atoms with van der Waals surface area (Å²) in [5, 5.41) is 9.27. The number of carbonyl (C=O) groups excluding carboxylic acids is 1. The standard InChI is InChI=1S/C11H8ClF3N2O2/c1-6(18)8(10(19)11(13,14)15)5-17-9-3-2-7(12)4-16-9/h2-5,19H,1H3/b10-8+,17-5?. The molecule has 0 saturated carbocycles. The van der Waals surface area contributed by atoms with Crippen LogP contribution in [0, 0.1) is 0 Å². The van der Waals surface area contributed by atoms with E-state index < -0.39 is 23.3 Å². The molecule has 0 saturated heterocycles. The lowest BCUT2D eigenvalue weighted by atomic mass is 10.1. The van der Waals surface area contributed by atoms with Crippen LogP contribution in [0.15, 0.2) is 34.7 Å². The Labute approximate surface area is 111 Å². The SMILES string of the molecule is CC(=O)/C(C=Nc1ccc(Cl)cn1)=C(/O)C(F)(F)F. The third-order valence-electron chi connectivity index (χ3n) is 1.94. The largest absolute Gasteiger partial charge is 0.504 e. The fraction of sp³-hybridized carbons (Fsp3) is 0.182. The van der Waals surface area contributed by atoms with Crippen molar-refractivity contribution in [3.63, 3.8) is 0 Å². The topological polar surface area (TPSA) is 62.5 Å². The molecule has 0 aliphatic carbocycles. The highest BCUT2D eigenvalue weighted by Gasteiger charge is 2.37. The molecule has 0 spiro atoms. The second-order valence-corrected chi connectivity index (χ2v) is 3.85. The van der Waals surface area contributed by atoms with Crippen LogP contribution < -0.4 is 0 Å². The number of halogens is 4. The number of Topliss-reactive ketones (excluding diaryl/α,β-unsaturated/α-hetero) is 1. The van der Waals surface area contributed by atoms with Crippen molar-refractivity contribution in [1.82, 2.24) is 4.98 Å². The van der Waals surface area contributed by atoms with Crippen LogP contribution in [0.2, 0.25) is 5.02 Å². The van der Waals surface area contributed by atoms with E-state index in [0.717, 1.165) is 6.92 Å². The van der Waals surface area contributed by atoms with Crippen molar-refractivity contribution in [2.24, 2.45) is 4.99 Å². The van der Waals surface area contributed by atoms with Crippen molar-refractivity contribution in [1.29, 1.82) is 0 Å². The van der Waals surface area contributed by atoms with E-state index in [0.29, 0.717) is 11.2 Å². The Balaban J connectivity index is 3.11. The Bertz CT molecular complexity index is 536. The first-order valence-corrected chi connectivity index (χ1v) is 5.26. The number of aromatic nitrogens is 1. The van der Waals surface area contributed by atoms with Gasteiger partial charge in [0.25, 0.3) is 0 Å². The van der Waals surface area contributed by atoms with Crippen molar-refractivity contribution < 1.29 is 23.1 Å². The lowest BCUT2D eigenvalue weighted by Crippen LogP contribution is -2.17. The maximum atomic E-state index is 12.3. The molecule has 0 aliphatic heterocycles. The second kappa shape index (κ2) is 5.83. The monoisotopic (exact) mass is 292 g/mol. The molecule has 1 N–H and O–H groups in total. The predicted molar refractivity (Wildman–Crippen MR) is 63.8 cm³/mol. The number of pyridine rings is 1. The molecule has 0 unspecified atom stereocenters. The summed E-state index contributed by atoms with van der Waals surface area (Å²) in [4.78, 5) is 18.3. The molecule has 4 nitrogen and oxygen atoms in total. The van der Waals surface area contributed by atoms with E-state index in [1.165, 1.54) is 18.3 Å². The van der Waals surface area contributed by atoms with Crippen LogP contribution in [-0.4, -0.2) is 28.3 Å². The Morgan fingerprint density at radius 2 is 2.11 bits per heavy atom. The van der Waals surface area contributed by atoms with E-state index in [2.05, 4.69) is 9.98 Å². The summed E-state index contributed by atoms with van der Waals surface area (Å²) in [6, 6.07) is 2.78. The van der Waals surface area contributed by atoms with Gasteiger partial charge in [-0.2, -0.15) is 13.2 Å². The number of hydrogen-bond donors (Lipinski definition) is 1. The smallest absolute Gasteiger partial charge is 0.449 e. The zero-order valence-electron chi connectivity index (χ0n) is 9.57. The number of hydrogen-bond acceptors (Lipinski definition) is 4. The average molecular weight is 293 g/mol. The molecular formula is C11H8ClF3N2O2. The van der Waals surface area contributed by atoms with Gasteiger partial charge in [0, 0.05) is 12.4 Å². The first-order valence-electron chi connectivity index (χ1n) is 4.89. The minimum atomic E-state index is -5.01. The highest BCUT2D eigenvalue weighted by Crippen LogP contribution is 2.26. The van der Waals surface area contributed by atoms with E-state index >= 15 is 0 Å². The highest BCUT2D eigenvalue weighted by atomic mass is 35.5. The van der Waals surface area contributed by atoms with Crippen LogP contribution >= 0.6 is 11.6 Å². The van der Waals surface area contributed by atoms with Crippen LogP contribution in [0.5, 0.6) is 0 Å². The van der Waals surface area contributed by atoms with Gasteiger partial charge in [-0.1, -0.05) is 11.6 Å². The molecule has 0 fully saturated rings. The number of allylic oxidation sites excluding steroid dienone is 2.